The van der Waals surface area contributed by atoms with E-state index in [9.17, 15) is 4.79 Å². The lowest BCUT2D eigenvalue weighted by atomic mass is 10.1. The van der Waals surface area contributed by atoms with E-state index in [0.29, 0.717) is 23.4 Å². The topological polar surface area (TPSA) is 64.1 Å². The standard InChI is InChI=1S/C13H15N3O2/c1-4-14-13(17)10-6-9-5-8(2)15-16-12(9)11(7-10)18-3/h5-7H,4H2,1-3H3,(H,14,17). The molecule has 0 saturated carbocycles. The number of rotatable bonds is 3. The van der Waals surface area contributed by atoms with Crippen molar-refractivity contribution in [2.24, 2.45) is 0 Å². The van der Waals surface area contributed by atoms with E-state index in [1.54, 1.807) is 19.2 Å². The fourth-order valence-corrected chi connectivity index (χ4v) is 1.78. The summed E-state index contributed by atoms with van der Waals surface area (Å²) in [7, 11) is 1.55. The van der Waals surface area contributed by atoms with Crippen molar-refractivity contribution in [2.45, 2.75) is 13.8 Å². The Morgan fingerprint density at radius 3 is 2.78 bits per heavy atom. The van der Waals surface area contributed by atoms with Crippen molar-refractivity contribution in [2.75, 3.05) is 13.7 Å². The molecule has 1 N–H and O–H groups in total. The Morgan fingerprint density at radius 1 is 1.33 bits per heavy atom. The molecule has 18 heavy (non-hydrogen) atoms. The minimum Gasteiger partial charge on any atom is -0.494 e. The third kappa shape index (κ3) is 2.25. The summed E-state index contributed by atoms with van der Waals surface area (Å²) in [6.45, 7) is 4.33. The molecule has 0 bridgehead atoms. The molecule has 5 heteroatoms. The van der Waals surface area contributed by atoms with Crippen LogP contribution in [0, 0.1) is 6.92 Å². The van der Waals surface area contributed by atoms with E-state index in [4.69, 9.17) is 4.74 Å². The van der Waals surface area contributed by atoms with Gasteiger partial charge in [-0.25, -0.2) is 0 Å². The smallest absolute Gasteiger partial charge is 0.251 e. The van der Waals surface area contributed by atoms with Crippen LogP contribution in [0.2, 0.25) is 0 Å². The Balaban J connectivity index is 2.60. The first-order valence-electron chi connectivity index (χ1n) is 5.76. The van der Waals surface area contributed by atoms with Gasteiger partial charge < -0.3 is 10.1 Å². The zero-order valence-corrected chi connectivity index (χ0v) is 10.7. The Kier molecular flexibility index (Phi) is 3.41. The van der Waals surface area contributed by atoms with E-state index in [0.717, 1.165) is 11.1 Å². The summed E-state index contributed by atoms with van der Waals surface area (Å²) in [4.78, 5) is 11.8. The molecule has 94 valence electrons. The molecule has 1 aromatic heterocycles. The third-order valence-corrected chi connectivity index (χ3v) is 2.60. The van der Waals surface area contributed by atoms with E-state index in [2.05, 4.69) is 15.5 Å². The lowest BCUT2D eigenvalue weighted by molar-refractivity contribution is 0.0955. The number of ether oxygens (including phenoxy) is 1. The minimum absolute atomic E-state index is 0.118. The first-order valence-corrected chi connectivity index (χ1v) is 5.76. The zero-order chi connectivity index (χ0) is 13.1. The number of carbonyl (C=O) groups excluding carboxylic acids is 1. The SMILES string of the molecule is CCNC(=O)c1cc(OC)c2nnc(C)cc2c1. The van der Waals surface area contributed by atoms with E-state index in [1.807, 2.05) is 19.9 Å². The molecule has 0 aliphatic rings. The Morgan fingerprint density at radius 2 is 2.11 bits per heavy atom. The lowest BCUT2D eigenvalue weighted by Gasteiger charge is -2.08. The fourth-order valence-electron chi connectivity index (χ4n) is 1.78. The van der Waals surface area contributed by atoms with E-state index < -0.39 is 0 Å². The highest BCUT2D eigenvalue weighted by Gasteiger charge is 2.11. The molecular formula is C13H15N3O2. The van der Waals surface area contributed by atoms with Crippen LogP contribution in [-0.4, -0.2) is 29.8 Å². The summed E-state index contributed by atoms with van der Waals surface area (Å²) >= 11 is 0. The number of aryl methyl sites for hydroxylation is 1. The first-order chi connectivity index (χ1) is 8.65. The first kappa shape index (κ1) is 12.3. The van der Waals surface area contributed by atoms with Gasteiger partial charge in [0.05, 0.1) is 12.8 Å². The molecule has 0 fully saturated rings. The lowest BCUT2D eigenvalue weighted by Crippen LogP contribution is -2.22. The number of carbonyl (C=O) groups is 1. The van der Waals surface area contributed by atoms with Gasteiger partial charge >= 0.3 is 0 Å². The molecule has 0 aliphatic heterocycles. The van der Waals surface area contributed by atoms with Gasteiger partial charge in [-0.05, 0) is 32.0 Å². The number of fused-ring (bicyclic) bond motifs is 1. The maximum atomic E-state index is 11.8. The largest absolute Gasteiger partial charge is 0.494 e. The number of methoxy groups -OCH3 is 1. The Hall–Kier alpha value is -2.17. The second-order valence-corrected chi connectivity index (χ2v) is 3.96. The molecule has 0 atom stereocenters. The van der Waals surface area contributed by atoms with Crippen LogP contribution in [0.1, 0.15) is 23.0 Å². The van der Waals surface area contributed by atoms with Gasteiger partial charge in [-0.15, -0.1) is 5.10 Å². The van der Waals surface area contributed by atoms with Crippen molar-refractivity contribution in [3.05, 3.63) is 29.5 Å². The molecule has 0 radical (unpaired) electrons. The number of amides is 1. The molecule has 2 rings (SSSR count). The van der Waals surface area contributed by atoms with Crippen molar-refractivity contribution in [3.63, 3.8) is 0 Å². The van der Waals surface area contributed by atoms with Gasteiger partial charge in [-0.1, -0.05) is 0 Å². The zero-order valence-electron chi connectivity index (χ0n) is 10.7. The highest BCUT2D eigenvalue weighted by atomic mass is 16.5. The van der Waals surface area contributed by atoms with Crippen molar-refractivity contribution < 1.29 is 9.53 Å². The molecule has 0 aliphatic carbocycles. The monoisotopic (exact) mass is 245 g/mol. The van der Waals surface area contributed by atoms with Gasteiger partial charge in [-0.3, -0.25) is 4.79 Å². The average Bonchev–Trinajstić information content (AvgIpc) is 2.37. The predicted octanol–water partition coefficient (Wildman–Crippen LogP) is 1.70. The highest BCUT2D eigenvalue weighted by molar-refractivity contribution is 5.99. The second-order valence-electron chi connectivity index (χ2n) is 3.96. The van der Waals surface area contributed by atoms with Crippen molar-refractivity contribution in [1.29, 1.82) is 0 Å². The van der Waals surface area contributed by atoms with Gasteiger partial charge in [0.25, 0.3) is 5.91 Å². The Bertz CT molecular complexity index is 596. The number of nitrogens with one attached hydrogen (secondary N) is 1. The molecule has 0 spiro atoms. The van der Waals surface area contributed by atoms with Crippen LogP contribution in [0.25, 0.3) is 10.9 Å². The molecule has 0 saturated heterocycles. The predicted molar refractivity (Wildman–Crippen MR) is 68.8 cm³/mol. The number of hydrogen-bond donors (Lipinski definition) is 1. The molecule has 5 nitrogen and oxygen atoms in total. The Labute approximate surface area is 105 Å². The van der Waals surface area contributed by atoms with Crippen molar-refractivity contribution in [1.82, 2.24) is 15.5 Å². The third-order valence-electron chi connectivity index (χ3n) is 2.60. The van der Waals surface area contributed by atoms with Gasteiger partial charge in [0.15, 0.2) is 0 Å². The molecule has 0 unspecified atom stereocenters. The average molecular weight is 245 g/mol. The van der Waals surface area contributed by atoms with Crippen LogP contribution < -0.4 is 10.1 Å². The normalized spacial score (nSPS) is 10.4. The molecule has 1 aromatic carbocycles. The second kappa shape index (κ2) is 5.00. The molecular weight excluding hydrogens is 230 g/mol. The number of benzene rings is 1. The maximum Gasteiger partial charge on any atom is 0.251 e. The van der Waals surface area contributed by atoms with Crippen LogP contribution in [0.5, 0.6) is 5.75 Å². The van der Waals surface area contributed by atoms with Crippen LogP contribution in [0.15, 0.2) is 18.2 Å². The van der Waals surface area contributed by atoms with Crippen molar-refractivity contribution >= 4 is 16.8 Å². The van der Waals surface area contributed by atoms with Gasteiger partial charge in [0.2, 0.25) is 0 Å². The summed E-state index contributed by atoms with van der Waals surface area (Å²) < 4.78 is 5.25. The van der Waals surface area contributed by atoms with Gasteiger partial charge in [-0.2, -0.15) is 5.10 Å². The quantitative estimate of drug-likeness (QED) is 0.893. The minimum atomic E-state index is -0.118. The molecule has 1 heterocycles. The van der Waals surface area contributed by atoms with E-state index in [1.165, 1.54) is 0 Å². The fraction of sp³-hybridized carbons (Fsp3) is 0.308. The van der Waals surface area contributed by atoms with E-state index in [-0.39, 0.29) is 5.91 Å². The van der Waals surface area contributed by atoms with Crippen LogP contribution in [-0.2, 0) is 0 Å². The van der Waals surface area contributed by atoms with Crippen LogP contribution >= 0.6 is 0 Å². The highest BCUT2D eigenvalue weighted by Crippen LogP contribution is 2.25. The molecule has 1 amide bonds. The van der Waals surface area contributed by atoms with Gasteiger partial charge in [0, 0.05) is 17.5 Å². The van der Waals surface area contributed by atoms with Crippen LogP contribution in [0.3, 0.4) is 0 Å². The summed E-state index contributed by atoms with van der Waals surface area (Å²) in [5.41, 5.74) is 2.03. The summed E-state index contributed by atoms with van der Waals surface area (Å²) in [5.74, 6) is 0.438. The van der Waals surface area contributed by atoms with Crippen molar-refractivity contribution in [3.8, 4) is 5.75 Å². The number of aromatic nitrogens is 2. The summed E-state index contributed by atoms with van der Waals surface area (Å²) in [5, 5.41) is 11.7. The summed E-state index contributed by atoms with van der Waals surface area (Å²) in [6, 6.07) is 5.36. The molecule has 2 aromatic rings. The summed E-state index contributed by atoms with van der Waals surface area (Å²) in [6.07, 6.45) is 0. The van der Waals surface area contributed by atoms with Crippen LogP contribution in [0.4, 0.5) is 0 Å². The number of nitrogens with zero attached hydrogens (tertiary/aromatic N) is 2. The maximum absolute atomic E-state index is 11.8. The van der Waals surface area contributed by atoms with E-state index >= 15 is 0 Å². The number of hydrogen-bond acceptors (Lipinski definition) is 4. The van der Waals surface area contributed by atoms with Gasteiger partial charge in [0.1, 0.15) is 11.3 Å².